The minimum Gasteiger partial charge on any atom is -0.377 e. The van der Waals surface area contributed by atoms with Crippen LogP contribution in [0.5, 0.6) is 0 Å². The van der Waals surface area contributed by atoms with E-state index < -0.39 is 0 Å². The van der Waals surface area contributed by atoms with Crippen molar-refractivity contribution in [3.8, 4) is 0 Å². The van der Waals surface area contributed by atoms with E-state index in [2.05, 4.69) is 25.2 Å². The predicted molar refractivity (Wildman–Crippen MR) is 82.7 cm³/mol. The molecule has 0 saturated carbocycles. The fourth-order valence-corrected chi connectivity index (χ4v) is 2.48. The van der Waals surface area contributed by atoms with E-state index in [-0.39, 0.29) is 11.9 Å². The first-order chi connectivity index (χ1) is 9.51. The van der Waals surface area contributed by atoms with Gasteiger partial charge in [0.05, 0.1) is 6.04 Å². The van der Waals surface area contributed by atoms with Gasteiger partial charge in [0.25, 0.3) is 0 Å². The Bertz CT molecular complexity index is 593. The van der Waals surface area contributed by atoms with Crippen LogP contribution in [0, 0.1) is 19.7 Å². The molecule has 0 aliphatic rings. The summed E-state index contributed by atoms with van der Waals surface area (Å²) in [6, 6.07) is 10.4. The molecule has 0 aromatic heterocycles. The fraction of sp³-hybridized carbons (Fsp3) is 0.250. The molecule has 0 bridgehead atoms. The fourth-order valence-electron chi connectivity index (χ4n) is 2.25. The number of benzene rings is 2. The quantitative estimate of drug-likeness (QED) is 0.886. The average Bonchev–Trinajstić information content (AvgIpc) is 2.38. The minimum absolute atomic E-state index is 0.0761. The third kappa shape index (κ3) is 3.30. The van der Waals surface area contributed by atoms with Gasteiger partial charge in [-0.1, -0.05) is 29.8 Å². The van der Waals surface area contributed by atoms with Gasteiger partial charge in [-0.15, -0.1) is 0 Å². The average molecular weight is 293 g/mol. The van der Waals surface area contributed by atoms with E-state index in [1.807, 2.05) is 12.1 Å². The zero-order valence-corrected chi connectivity index (χ0v) is 12.3. The van der Waals surface area contributed by atoms with Crippen molar-refractivity contribution in [3.63, 3.8) is 0 Å². The summed E-state index contributed by atoms with van der Waals surface area (Å²) in [6.45, 7) is 4.54. The van der Waals surface area contributed by atoms with Crippen molar-refractivity contribution in [3.05, 3.63) is 63.9 Å². The molecule has 1 atom stereocenters. The number of nitrogens with two attached hydrogens (primary N) is 1. The van der Waals surface area contributed by atoms with Crippen LogP contribution in [0.25, 0.3) is 0 Å². The zero-order valence-electron chi connectivity index (χ0n) is 11.6. The molecule has 0 aliphatic heterocycles. The molecule has 0 amide bonds. The molecule has 2 aromatic carbocycles. The van der Waals surface area contributed by atoms with E-state index in [0.29, 0.717) is 17.3 Å². The second kappa shape index (κ2) is 6.25. The van der Waals surface area contributed by atoms with Gasteiger partial charge in [-0.2, -0.15) is 0 Å². The van der Waals surface area contributed by atoms with Gasteiger partial charge >= 0.3 is 0 Å². The maximum Gasteiger partial charge on any atom is 0.126 e. The van der Waals surface area contributed by atoms with Gasteiger partial charge < -0.3 is 11.1 Å². The lowest BCUT2D eigenvalue weighted by Gasteiger charge is -2.21. The Labute approximate surface area is 123 Å². The molecule has 20 heavy (non-hydrogen) atoms. The van der Waals surface area contributed by atoms with Gasteiger partial charge in [-0.05, 0) is 48.7 Å². The highest BCUT2D eigenvalue weighted by Crippen LogP contribution is 2.26. The normalized spacial score (nSPS) is 12.2. The smallest absolute Gasteiger partial charge is 0.126 e. The van der Waals surface area contributed by atoms with Crippen LogP contribution in [0.3, 0.4) is 0 Å². The molecule has 2 rings (SSSR count). The number of nitrogens with one attached hydrogen (secondary N) is 1. The van der Waals surface area contributed by atoms with Crippen LogP contribution < -0.4 is 11.1 Å². The molecule has 3 N–H and O–H groups in total. The molecule has 106 valence electrons. The maximum absolute atomic E-state index is 13.4. The Morgan fingerprint density at radius 1 is 1.25 bits per heavy atom. The topological polar surface area (TPSA) is 38.0 Å². The molecule has 2 nitrogen and oxygen atoms in total. The van der Waals surface area contributed by atoms with Crippen molar-refractivity contribution in [1.29, 1.82) is 0 Å². The van der Waals surface area contributed by atoms with Gasteiger partial charge in [-0.3, -0.25) is 0 Å². The lowest BCUT2D eigenvalue weighted by molar-refractivity contribution is 0.627. The largest absolute Gasteiger partial charge is 0.377 e. The Hall–Kier alpha value is -1.58. The van der Waals surface area contributed by atoms with Crippen LogP contribution in [0.4, 0.5) is 10.1 Å². The van der Waals surface area contributed by atoms with Crippen molar-refractivity contribution in [2.75, 3.05) is 11.9 Å². The molecule has 0 aliphatic carbocycles. The van der Waals surface area contributed by atoms with Crippen molar-refractivity contribution in [2.24, 2.45) is 5.73 Å². The van der Waals surface area contributed by atoms with E-state index in [9.17, 15) is 4.39 Å². The van der Waals surface area contributed by atoms with Crippen molar-refractivity contribution < 1.29 is 4.39 Å². The van der Waals surface area contributed by atoms with Gasteiger partial charge in [0.1, 0.15) is 5.82 Å². The van der Waals surface area contributed by atoms with Crippen molar-refractivity contribution >= 4 is 17.3 Å². The van der Waals surface area contributed by atoms with Gasteiger partial charge in [0.15, 0.2) is 0 Å². The summed E-state index contributed by atoms with van der Waals surface area (Å²) < 4.78 is 13.4. The highest BCUT2D eigenvalue weighted by Gasteiger charge is 2.13. The highest BCUT2D eigenvalue weighted by atomic mass is 35.5. The van der Waals surface area contributed by atoms with Crippen LogP contribution in [0.15, 0.2) is 36.4 Å². The minimum atomic E-state index is -0.364. The number of aryl methyl sites for hydroxylation is 1. The summed E-state index contributed by atoms with van der Waals surface area (Å²) in [5.41, 5.74) is 10.0. The van der Waals surface area contributed by atoms with E-state index >= 15 is 0 Å². The maximum atomic E-state index is 13.4. The first-order valence-corrected chi connectivity index (χ1v) is 6.88. The van der Waals surface area contributed by atoms with Crippen LogP contribution in [0.2, 0.25) is 5.02 Å². The zero-order chi connectivity index (χ0) is 14.7. The lowest BCUT2D eigenvalue weighted by Crippen LogP contribution is -2.21. The number of hydrogen-bond acceptors (Lipinski definition) is 2. The third-order valence-corrected chi connectivity index (χ3v) is 3.68. The van der Waals surface area contributed by atoms with Crippen LogP contribution in [-0.4, -0.2) is 6.54 Å². The first kappa shape index (κ1) is 14.8. The summed E-state index contributed by atoms with van der Waals surface area (Å²) in [4.78, 5) is 0. The molecule has 0 radical (unpaired) electrons. The first-order valence-electron chi connectivity index (χ1n) is 6.50. The summed E-state index contributed by atoms with van der Waals surface area (Å²) in [5.74, 6) is -0.364. The molecular formula is C16H18ClFN2. The van der Waals surface area contributed by atoms with Crippen molar-refractivity contribution in [2.45, 2.75) is 19.9 Å². The lowest BCUT2D eigenvalue weighted by atomic mass is 9.97. The van der Waals surface area contributed by atoms with Crippen molar-refractivity contribution in [1.82, 2.24) is 0 Å². The SMILES string of the molecule is Cc1cccc(C(CN)Nc2cc(F)cc(Cl)c2)c1C. The Kier molecular flexibility index (Phi) is 4.63. The standard InChI is InChI=1S/C16H18ClFN2/c1-10-4-3-5-15(11(10)2)16(9-19)20-14-7-12(17)6-13(18)8-14/h3-8,16,20H,9,19H2,1-2H3. The Morgan fingerprint density at radius 2 is 2.00 bits per heavy atom. The molecule has 1 unspecified atom stereocenters. The molecule has 0 spiro atoms. The molecule has 4 heteroatoms. The monoisotopic (exact) mass is 292 g/mol. The molecule has 0 fully saturated rings. The molecule has 0 heterocycles. The van der Waals surface area contributed by atoms with E-state index in [1.165, 1.54) is 23.3 Å². The Morgan fingerprint density at radius 3 is 2.65 bits per heavy atom. The molecule has 0 saturated heterocycles. The van der Waals surface area contributed by atoms with E-state index in [4.69, 9.17) is 17.3 Å². The number of hydrogen-bond donors (Lipinski definition) is 2. The van der Waals surface area contributed by atoms with Gasteiger partial charge in [-0.25, -0.2) is 4.39 Å². The van der Waals surface area contributed by atoms with E-state index in [1.54, 1.807) is 6.07 Å². The second-order valence-corrected chi connectivity index (χ2v) is 5.32. The van der Waals surface area contributed by atoms with Gasteiger partial charge in [0, 0.05) is 17.3 Å². The van der Waals surface area contributed by atoms with Crippen LogP contribution in [-0.2, 0) is 0 Å². The van der Waals surface area contributed by atoms with Gasteiger partial charge in [0.2, 0.25) is 0 Å². The van der Waals surface area contributed by atoms with E-state index in [0.717, 1.165) is 5.56 Å². The summed E-state index contributed by atoms with van der Waals surface area (Å²) in [7, 11) is 0. The third-order valence-electron chi connectivity index (χ3n) is 3.46. The van der Waals surface area contributed by atoms with Crippen LogP contribution in [0.1, 0.15) is 22.7 Å². The summed E-state index contributed by atoms with van der Waals surface area (Å²) in [5, 5.41) is 3.61. The molecular weight excluding hydrogens is 275 g/mol. The summed E-state index contributed by atoms with van der Waals surface area (Å²) in [6.07, 6.45) is 0. The predicted octanol–water partition coefficient (Wildman–Crippen LogP) is 4.21. The number of halogens is 2. The number of anilines is 1. The second-order valence-electron chi connectivity index (χ2n) is 4.88. The summed E-state index contributed by atoms with van der Waals surface area (Å²) >= 11 is 5.87. The molecule has 2 aromatic rings. The number of rotatable bonds is 4. The highest BCUT2D eigenvalue weighted by molar-refractivity contribution is 6.30. The Balaban J connectivity index is 2.31. The van der Waals surface area contributed by atoms with Crippen LogP contribution >= 0.6 is 11.6 Å².